The van der Waals surface area contributed by atoms with Crippen LogP contribution in [0, 0.1) is 16.0 Å². The van der Waals surface area contributed by atoms with Crippen LogP contribution < -0.4 is 0 Å². The highest BCUT2D eigenvalue weighted by molar-refractivity contribution is 7.86. The highest BCUT2D eigenvalue weighted by atomic mass is 32.2. The molecule has 0 aliphatic carbocycles. The molecular weight excluding hydrogens is 302 g/mol. The number of carboxylic acid groups (broad SMARTS) is 1. The van der Waals surface area contributed by atoms with E-state index in [0.29, 0.717) is 0 Å². The number of non-ortho nitro benzene ring substituents is 1. The molecule has 0 radical (unpaired) electrons. The van der Waals surface area contributed by atoms with Crippen LogP contribution in [0.1, 0.15) is 20.3 Å². The summed E-state index contributed by atoms with van der Waals surface area (Å²) < 4.78 is 28.6. The van der Waals surface area contributed by atoms with Crippen molar-refractivity contribution in [2.75, 3.05) is 0 Å². The SMILES string of the molecule is CC(C)C[C@H](OS(=O)(=O)c1ccc([N+](=O)[O-])cc1)C(=O)O. The summed E-state index contributed by atoms with van der Waals surface area (Å²) in [5, 5.41) is 19.5. The Hall–Kier alpha value is -2.00. The number of hydrogen-bond acceptors (Lipinski definition) is 6. The first-order valence-electron chi connectivity index (χ1n) is 6.04. The Kier molecular flexibility index (Phi) is 5.39. The normalized spacial score (nSPS) is 13.1. The lowest BCUT2D eigenvalue weighted by Gasteiger charge is -2.15. The molecule has 0 aromatic heterocycles. The molecule has 21 heavy (non-hydrogen) atoms. The van der Waals surface area contributed by atoms with Gasteiger partial charge in [0, 0.05) is 12.1 Å². The second kappa shape index (κ2) is 6.64. The summed E-state index contributed by atoms with van der Waals surface area (Å²) in [5.74, 6) is -1.45. The van der Waals surface area contributed by atoms with Gasteiger partial charge in [-0.05, 0) is 24.5 Å². The summed E-state index contributed by atoms with van der Waals surface area (Å²) >= 11 is 0. The molecule has 1 N–H and O–H groups in total. The minimum atomic E-state index is -4.30. The van der Waals surface area contributed by atoms with E-state index in [1.807, 2.05) is 0 Å². The van der Waals surface area contributed by atoms with Gasteiger partial charge in [0.15, 0.2) is 6.10 Å². The van der Waals surface area contributed by atoms with Gasteiger partial charge in [0.1, 0.15) is 0 Å². The standard InChI is InChI=1S/C12H15NO7S/c1-8(2)7-11(12(14)15)20-21(18,19)10-5-3-9(4-6-10)13(16)17/h3-6,8,11H,7H2,1-2H3,(H,14,15)/t11-/m0/s1. The van der Waals surface area contributed by atoms with Crippen molar-refractivity contribution in [1.82, 2.24) is 0 Å². The van der Waals surface area contributed by atoms with Gasteiger partial charge < -0.3 is 5.11 Å². The number of benzene rings is 1. The van der Waals surface area contributed by atoms with Crippen molar-refractivity contribution in [2.24, 2.45) is 5.92 Å². The van der Waals surface area contributed by atoms with Gasteiger partial charge in [0.2, 0.25) is 0 Å². The molecule has 0 heterocycles. The lowest BCUT2D eigenvalue weighted by Crippen LogP contribution is -2.28. The fourth-order valence-corrected chi connectivity index (χ4v) is 2.60. The number of carbonyl (C=O) groups is 1. The van der Waals surface area contributed by atoms with E-state index in [0.717, 1.165) is 24.3 Å². The highest BCUT2D eigenvalue weighted by Gasteiger charge is 2.28. The molecule has 1 rings (SSSR count). The molecule has 0 fully saturated rings. The Morgan fingerprint density at radius 1 is 1.33 bits per heavy atom. The summed E-state index contributed by atoms with van der Waals surface area (Å²) in [7, 11) is -4.30. The minimum Gasteiger partial charge on any atom is -0.479 e. The molecule has 116 valence electrons. The molecule has 9 heteroatoms. The number of nitrogens with zero attached hydrogens (tertiary/aromatic N) is 1. The Morgan fingerprint density at radius 3 is 2.24 bits per heavy atom. The Bertz CT molecular complexity index is 622. The van der Waals surface area contributed by atoms with Crippen LogP contribution in [0.15, 0.2) is 29.2 Å². The molecule has 0 aliphatic rings. The van der Waals surface area contributed by atoms with Gasteiger partial charge in [0.25, 0.3) is 15.8 Å². The zero-order valence-electron chi connectivity index (χ0n) is 11.4. The van der Waals surface area contributed by atoms with Crippen molar-refractivity contribution in [2.45, 2.75) is 31.3 Å². The van der Waals surface area contributed by atoms with E-state index in [-0.39, 0.29) is 22.9 Å². The summed E-state index contributed by atoms with van der Waals surface area (Å²) in [4.78, 5) is 20.5. The topological polar surface area (TPSA) is 124 Å². The Balaban J connectivity index is 2.98. The molecule has 0 unspecified atom stereocenters. The molecule has 0 saturated carbocycles. The van der Waals surface area contributed by atoms with E-state index in [4.69, 9.17) is 9.29 Å². The number of aliphatic carboxylic acids is 1. The van der Waals surface area contributed by atoms with Gasteiger partial charge >= 0.3 is 5.97 Å². The third-order valence-corrected chi connectivity index (χ3v) is 3.88. The first kappa shape index (κ1) is 17.1. The van der Waals surface area contributed by atoms with E-state index < -0.39 is 27.1 Å². The number of carboxylic acids is 1. The van der Waals surface area contributed by atoms with Gasteiger partial charge in [0.05, 0.1) is 9.82 Å². The van der Waals surface area contributed by atoms with Crippen molar-refractivity contribution >= 4 is 21.8 Å². The second-order valence-corrected chi connectivity index (χ2v) is 6.33. The van der Waals surface area contributed by atoms with Gasteiger partial charge in [-0.2, -0.15) is 8.42 Å². The number of rotatable bonds is 7. The van der Waals surface area contributed by atoms with Crippen molar-refractivity contribution in [3.8, 4) is 0 Å². The van der Waals surface area contributed by atoms with E-state index in [1.165, 1.54) is 0 Å². The van der Waals surface area contributed by atoms with Crippen LogP contribution in [-0.4, -0.2) is 30.5 Å². The molecule has 1 aromatic rings. The molecule has 0 aliphatic heterocycles. The van der Waals surface area contributed by atoms with Crippen LogP contribution >= 0.6 is 0 Å². The van der Waals surface area contributed by atoms with E-state index in [2.05, 4.69) is 0 Å². The third-order valence-electron chi connectivity index (χ3n) is 2.54. The zero-order chi connectivity index (χ0) is 16.2. The summed E-state index contributed by atoms with van der Waals surface area (Å²) in [6, 6.07) is 4.02. The van der Waals surface area contributed by atoms with E-state index in [9.17, 15) is 23.3 Å². The molecule has 0 spiro atoms. The van der Waals surface area contributed by atoms with E-state index in [1.54, 1.807) is 13.8 Å². The molecule has 1 aromatic carbocycles. The fourth-order valence-electron chi connectivity index (χ4n) is 1.55. The van der Waals surface area contributed by atoms with Crippen LogP contribution in [0.5, 0.6) is 0 Å². The van der Waals surface area contributed by atoms with Crippen LogP contribution in [-0.2, 0) is 19.1 Å². The van der Waals surface area contributed by atoms with Crippen LogP contribution in [0.3, 0.4) is 0 Å². The summed E-state index contributed by atoms with van der Waals surface area (Å²) in [6.07, 6.45) is -1.47. The first-order valence-corrected chi connectivity index (χ1v) is 7.45. The van der Waals surface area contributed by atoms with Crippen molar-refractivity contribution in [3.05, 3.63) is 34.4 Å². The largest absolute Gasteiger partial charge is 0.479 e. The number of hydrogen-bond donors (Lipinski definition) is 1. The number of nitro groups is 1. The van der Waals surface area contributed by atoms with Crippen LogP contribution in [0.2, 0.25) is 0 Å². The molecular formula is C12H15NO7S. The zero-order valence-corrected chi connectivity index (χ0v) is 12.2. The molecule has 0 amide bonds. The first-order chi connectivity index (χ1) is 9.63. The lowest BCUT2D eigenvalue weighted by atomic mass is 10.1. The molecule has 1 atom stereocenters. The maximum Gasteiger partial charge on any atom is 0.334 e. The fraction of sp³-hybridized carbons (Fsp3) is 0.417. The maximum atomic E-state index is 12.0. The Morgan fingerprint density at radius 2 is 1.86 bits per heavy atom. The van der Waals surface area contributed by atoms with E-state index >= 15 is 0 Å². The average Bonchev–Trinajstić information content (AvgIpc) is 2.37. The lowest BCUT2D eigenvalue weighted by molar-refractivity contribution is -0.384. The number of nitro benzene ring substituents is 1. The molecule has 8 nitrogen and oxygen atoms in total. The highest BCUT2D eigenvalue weighted by Crippen LogP contribution is 2.20. The second-order valence-electron chi connectivity index (χ2n) is 4.76. The molecule has 0 bridgehead atoms. The van der Waals surface area contributed by atoms with Gasteiger partial charge in [-0.1, -0.05) is 13.8 Å². The predicted molar refractivity (Wildman–Crippen MR) is 72.2 cm³/mol. The quantitative estimate of drug-likeness (QED) is 0.462. The van der Waals surface area contributed by atoms with Gasteiger partial charge in [-0.15, -0.1) is 0 Å². The predicted octanol–water partition coefficient (Wildman–Crippen LogP) is 1.80. The smallest absolute Gasteiger partial charge is 0.334 e. The van der Waals surface area contributed by atoms with Crippen molar-refractivity contribution in [3.63, 3.8) is 0 Å². The van der Waals surface area contributed by atoms with Crippen LogP contribution in [0.25, 0.3) is 0 Å². The van der Waals surface area contributed by atoms with Gasteiger partial charge in [-0.3, -0.25) is 14.3 Å². The van der Waals surface area contributed by atoms with Crippen molar-refractivity contribution in [1.29, 1.82) is 0 Å². The summed E-state index contributed by atoms with van der Waals surface area (Å²) in [5.41, 5.74) is -0.272. The monoisotopic (exact) mass is 317 g/mol. The maximum absolute atomic E-state index is 12.0. The van der Waals surface area contributed by atoms with Crippen LogP contribution in [0.4, 0.5) is 5.69 Å². The third kappa shape index (κ3) is 4.80. The Labute approximate surface area is 121 Å². The average molecular weight is 317 g/mol. The van der Waals surface area contributed by atoms with Crippen molar-refractivity contribution < 1.29 is 27.4 Å². The summed E-state index contributed by atoms with van der Waals surface area (Å²) in [6.45, 7) is 3.47. The van der Waals surface area contributed by atoms with Gasteiger partial charge in [-0.25, -0.2) is 4.79 Å². The molecule has 0 saturated heterocycles. The minimum absolute atomic E-state index is 0.0293.